The maximum absolute atomic E-state index is 12.1. The summed E-state index contributed by atoms with van der Waals surface area (Å²) in [6, 6.07) is 11.5. The van der Waals surface area contributed by atoms with E-state index in [2.05, 4.69) is 20.6 Å². The first-order chi connectivity index (χ1) is 11.6. The van der Waals surface area contributed by atoms with Crippen molar-refractivity contribution < 1.29 is 4.79 Å². The first kappa shape index (κ1) is 16.0. The van der Waals surface area contributed by atoms with E-state index in [1.807, 2.05) is 55.5 Å². The van der Waals surface area contributed by atoms with Crippen molar-refractivity contribution in [2.45, 2.75) is 13.1 Å². The number of rotatable bonds is 5. The summed E-state index contributed by atoms with van der Waals surface area (Å²) in [7, 11) is 3.96. The minimum absolute atomic E-state index is 0.236. The van der Waals surface area contributed by atoms with Crippen LogP contribution in [0.15, 0.2) is 48.8 Å². The Morgan fingerprint density at radius 3 is 2.96 bits per heavy atom. The second-order valence-corrected chi connectivity index (χ2v) is 5.94. The van der Waals surface area contributed by atoms with E-state index in [4.69, 9.17) is 0 Å². The summed E-state index contributed by atoms with van der Waals surface area (Å²) in [5.41, 5.74) is 3.75. The Morgan fingerprint density at radius 1 is 1.25 bits per heavy atom. The van der Waals surface area contributed by atoms with E-state index in [0.29, 0.717) is 6.54 Å². The molecule has 2 heterocycles. The summed E-state index contributed by atoms with van der Waals surface area (Å²) in [6.45, 7) is 1.19. The van der Waals surface area contributed by atoms with Crippen LogP contribution >= 0.6 is 0 Å². The number of amides is 2. The molecule has 0 aliphatic heterocycles. The maximum Gasteiger partial charge on any atom is 0.319 e. The molecular weight excluding hydrogens is 302 g/mol. The highest BCUT2D eigenvalue weighted by molar-refractivity contribution is 5.89. The number of carbonyl (C=O) groups excluding carboxylic acids is 1. The first-order valence-electron chi connectivity index (χ1n) is 7.81. The van der Waals surface area contributed by atoms with Gasteiger partial charge in [0.05, 0.1) is 11.2 Å². The van der Waals surface area contributed by atoms with Gasteiger partial charge in [-0.2, -0.15) is 0 Å². The molecule has 3 aromatic rings. The topological polar surface area (TPSA) is 73.1 Å². The van der Waals surface area contributed by atoms with Crippen LogP contribution in [-0.2, 0) is 13.1 Å². The molecular formula is C18H21N5O. The van der Waals surface area contributed by atoms with Crippen molar-refractivity contribution in [1.82, 2.24) is 20.2 Å². The summed E-state index contributed by atoms with van der Waals surface area (Å²) in [5, 5.41) is 6.87. The minimum Gasteiger partial charge on any atom is -0.361 e. The number of pyridine rings is 1. The average molecular weight is 323 g/mol. The Hall–Kier alpha value is -2.86. The molecule has 0 atom stereocenters. The fourth-order valence-corrected chi connectivity index (χ4v) is 2.61. The van der Waals surface area contributed by atoms with Crippen molar-refractivity contribution in [2.24, 2.45) is 0 Å². The predicted octanol–water partition coefficient (Wildman–Crippen LogP) is 2.95. The van der Waals surface area contributed by atoms with Gasteiger partial charge in [-0.25, -0.2) is 4.79 Å². The largest absolute Gasteiger partial charge is 0.361 e. The van der Waals surface area contributed by atoms with Crippen LogP contribution in [0, 0.1) is 0 Å². The number of anilines is 1. The average Bonchev–Trinajstić information content (AvgIpc) is 3.01. The number of aromatic amines is 1. The lowest BCUT2D eigenvalue weighted by atomic mass is 10.1. The molecule has 0 fully saturated rings. The summed E-state index contributed by atoms with van der Waals surface area (Å²) in [6.07, 6.45) is 3.60. The fourth-order valence-electron chi connectivity index (χ4n) is 2.61. The van der Waals surface area contributed by atoms with Crippen LogP contribution in [0.4, 0.5) is 10.5 Å². The molecule has 2 amide bonds. The van der Waals surface area contributed by atoms with Gasteiger partial charge in [0, 0.05) is 31.2 Å². The second kappa shape index (κ2) is 7.14. The van der Waals surface area contributed by atoms with Gasteiger partial charge in [0.2, 0.25) is 0 Å². The smallest absolute Gasteiger partial charge is 0.319 e. The molecule has 6 nitrogen and oxygen atoms in total. The van der Waals surface area contributed by atoms with Gasteiger partial charge in [0.15, 0.2) is 0 Å². The number of urea groups is 1. The first-order valence-corrected chi connectivity index (χ1v) is 7.81. The van der Waals surface area contributed by atoms with Gasteiger partial charge in [0.25, 0.3) is 0 Å². The third-order valence-electron chi connectivity index (χ3n) is 3.67. The van der Waals surface area contributed by atoms with Gasteiger partial charge in [-0.15, -0.1) is 0 Å². The van der Waals surface area contributed by atoms with E-state index in [9.17, 15) is 4.79 Å². The van der Waals surface area contributed by atoms with Crippen molar-refractivity contribution in [3.63, 3.8) is 0 Å². The number of carbonyl (C=O) groups is 1. The Balaban J connectivity index is 1.61. The third kappa shape index (κ3) is 3.91. The number of fused-ring (bicyclic) bond motifs is 1. The molecule has 0 radical (unpaired) electrons. The Labute approximate surface area is 140 Å². The summed E-state index contributed by atoms with van der Waals surface area (Å²) in [4.78, 5) is 21.7. The molecule has 0 bridgehead atoms. The molecule has 0 spiro atoms. The number of hydrogen-bond donors (Lipinski definition) is 3. The van der Waals surface area contributed by atoms with E-state index in [-0.39, 0.29) is 6.03 Å². The van der Waals surface area contributed by atoms with E-state index in [1.165, 1.54) is 0 Å². The van der Waals surface area contributed by atoms with Gasteiger partial charge in [-0.05, 0) is 43.2 Å². The van der Waals surface area contributed by atoms with Gasteiger partial charge in [-0.1, -0.05) is 18.2 Å². The highest BCUT2D eigenvalue weighted by Crippen LogP contribution is 2.16. The monoisotopic (exact) mass is 323 g/mol. The van der Waals surface area contributed by atoms with Crippen LogP contribution in [-0.4, -0.2) is 35.0 Å². The van der Waals surface area contributed by atoms with Crippen molar-refractivity contribution in [1.29, 1.82) is 0 Å². The minimum atomic E-state index is -0.236. The van der Waals surface area contributed by atoms with Gasteiger partial charge in [-0.3, -0.25) is 4.98 Å². The molecule has 0 saturated carbocycles. The summed E-state index contributed by atoms with van der Waals surface area (Å²) in [5.74, 6) is 0. The van der Waals surface area contributed by atoms with Crippen LogP contribution in [0.25, 0.3) is 10.9 Å². The summed E-state index contributed by atoms with van der Waals surface area (Å²) >= 11 is 0. The molecule has 1 aromatic carbocycles. The molecule has 0 saturated heterocycles. The lowest BCUT2D eigenvalue weighted by molar-refractivity contribution is 0.252. The van der Waals surface area contributed by atoms with Gasteiger partial charge < -0.3 is 20.5 Å². The normalized spacial score (nSPS) is 11.0. The third-order valence-corrected chi connectivity index (χ3v) is 3.67. The lowest BCUT2D eigenvalue weighted by Crippen LogP contribution is -2.28. The predicted molar refractivity (Wildman–Crippen MR) is 95.8 cm³/mol. The van der Waals surface area contributed by atoms with Crippen molar-refractivity contribution in [2.75, 3.05) is 19.4 Å². The number of aromatic nitrogens is 2. The molecule has 0 unspecified atom stereocenters. The Kier molecular flexibility index (Phi) is 4.77. The van der Waals surface area contributed by atoms with Crippen molar-refractivity contribution in [3.8, 4) is 0 Å². The molecule has 24 heavy (non-hydrogen) atoms. The van der Waals surface area contributed by atoms with E-state index in [1.54, 1.807) is 12.3 Å². The summed E-state index contributed by atoms with van der Waals surface area (Å²) < 4.78 is 0. The molecule has 3 N–H and O–H groups in total. The molecule has 6 heteroatoms. The van der Waals surface area contributed by atoms with Crippen LogP contribution in [0.5, 0.6) is 0 Å². The van der Waals surface area contributed by atoms with Crippen LogP contribution in [0.3, 0.4) is 0 Å². The quantitative estimate of drug-likeness (QED) is 0.676. The highest BCUT2D eigenvalue weighted by atomic mass is 16.2. The van der Waals surface area contributed by atoms with E-state index in [0.717, 1.165) is 34.4 Å². The number of H-pyrrole nitrogens is 1. The zero-order chi connectivity index (χ0) is 16.9. The number of benzene rings is 1. The number of nitrogens with one attached hydrogen (secondary N) is 3. The number of hydrogen-bond acceptors (Lipinski definition) is 3. The zero-order valence-corrected chi connectivity index (χ0v) is 13.8. The molecule has 0 aliphatic carbocycles. The highest BCUT2D eigenvalue weighted by Gasteiger charge is 2.06. The SMILES string of the molecule is CN(C)Cc1cc(NC(=O)NCc2cccc3cc[nH]c23)ccn1. The molecule has 3 rings (SSSR count). The van der Waals surface area contributed by atoms with Crippen molar-refractivity contribution >= 4 is 22.6 Å². The van der Waals surface area contributed by atoms with Crippen LogP contribution in [0.2, 0.25) is 0 Å². The number of nitrogens with zero attached hydrogens (tertiary/aromatic N) is 2. The molecule has 2 aromatic heterocycles. The van der Waals surface area contributed by atoms with E-state index < -0.39 is 0 Å². The zero-order valence-electron chi connectivity index (χ0n) is 13.8. The van der Waals surface area contributed by atoms with E-state index >= 15 is 0 Å². The molecule has 0 aliphatic rings. The lowest BCUT2D eigenvalue weighted by Gasteiger charge is -2.11. The Bertz CT molecular complexity index is 840. The van der Waals surface area contributed by atoms with Gasteiger partial charge >= 0.3 is 6.03 Å². The van der Waals surface area contributed by atoms with Crippen LogP contribution in [0.1, 0.15) is 11.3 Å². The fraction of sp³-hybridized carbons (Fsp3) is 0.222. The number of para-hydroxylation sites is 1. The molecule has 124 valence electrons. The maximum atomic E-state index is 12.1. The van der Waals surface area contributed by atoms with Crippen LogP contribution < -0.4 is 10.6 Å². The second-order valence-electron chi connectivity index (χ2n) is 5.94. The van der Waals surface area contributed by atoms with Gasteiger partial charge in [0.1, 0.15) is 0 Å². The standard InChI is InChI=1S/C18H21N5O/c1-23(2)12-16-10-15(7-9-19-16)22-18(24)21-11-14-5-3-4-13-6-8-20-17(13)14/h3-10,20H,11-12H2,1-2H3,(H2,19,21,22,24). The Morgan fingerprint density at radius 2 is 2.12 bits per heavy atom. The van der Waals surface area contributed by atoms with Crippen molar-refractivity contribution in [3.05, 3.63) is 60.0 Å².